The summed E-state index contributed by atoms with van der Waals surface area (Å²) in [5.41, 5.74) is 0. The van der Waals surface area contributed by atoms with Crippen LogP contribution in [0.3, 0.4) is 0 Å². The van der Waals surface area contributed by atoms with E-state index in [1.807, 2.05) is 28.0 Å². The number of hydrogen-bond acceptors (Lipinski definition) is 6. The van der Waals surface area contributed by atoms with Crippen LogP contribution in [0.25, 0.3) is 10.1 Å². The molecule has 0 spiro atoms. The number of nitrogens with zero attached hydrogens (tertiary/aromatic N) is 4. The Morgan fingerprint density at radius 3 is 2.57 bits per heavy atom. The molecule has 6 nitrogen and oxygen atoms in total. The fourth-order valence-electron chi connectivity index (χ4n) is 4.06. The summed E-state index contributed by atoms with van der Waals surface area (Å²) >= 11 is 13.0. The van der Waals surface area contributed by atoms with Gasteiger partial charge in [-0.1, -0.05) is 45.4 Å². The lowest BCUT2D eigenvalue weighted by atomic mass is 10.1. The average molecular weight is 528 g/mol. The van der Waals surface area contributed by atoms with Gasteiger partial charge in [0.1, 0.15) is 4.88 Å². The van der Waals surface area contributed by atoms with Crippen LogP contribution in [0.1, 0.15) is 9.67 Å². The number of amides is 2. The smallest absolute Gasteiger partial charge is 0.278 e. The predicted molar refractivity (Wildman–Crippen MR) is 127 cm³/mol. The van der Waals surface area contributed by atoms with Gasteiger partial charge in [0.2, 0.25) is 0 Å². The van der Waals surface area contributed by atoms with E-state index in [2.05, 4.69) is 25.8 Å². The molecule has 0 atom stereocenters. The van der Waals surface area contributed by atoms with Crippen LogP contribution in [0.15, 0.2) is 27.7 Å². The minimum absolute atomic E-state index is 0.0126. The summed E-state index contributed by atoms with van der Waals surface area (Å²) in [7, 11) is 0. The van der Waals surface area contributed by atoms with Gasteiger partial charge in [-0.15, -0.1) is 11.3 Å². The highest BCUT2D eigenvalue weighted by atomic mass is 79.9. The zero-order valence-corrected chi connectivity index (χ0v) is 20.1. The summed E-state index contributed by atoms with van der Waals surface area (Å²) in [4.78, 5) is 36.5. The molecule has 3 aliphatic rings. The molecule has 0 radical (unpaired) electrons. The van der Waals surface area contributed by atoms with Crippen LogP contribution >= 0.6 is 50.6 Å². The Morgan fingerprint density at radius 2 is 1.87 bits per heavy atom. The number of aliphatic imine (C=N–C) groups is 1. The highest BCUT2D eigenvalue weighted by Gasteiger charge is 2.38. The lowest BCUT2D eigenvalue weighted by Gasteiger charge is -2.48. The van der Waals surface area contributed by atoms with Crippen molar-refractivity contribution in [3.05, 3.63) is 32.6 Å². The minimum Gasteiger partial charge on any atom is -0.335 e. The Bertz CT molecular complexity index is 1040. The van der Waals surface area contributed by atoms with E-state index < -0.39 is 0 Å². The van der Waals surface area contributed by atoms with E-state index in [1.54, 1.807) is 11.8 Å². The fourth-order valence-corrected chi connectivity index (χ4v) is 6.91. The molecule has 0 saturated carbocycles. The highest BCUT2D eigenvalue weighted by molar-refractivity contribution is 9.10. The quantitative estimate of drug-likeness (QED) is 0.614. The Balaban J connectivity index is 1.17. The number of thioether (sulfide) groups is 1. The maximum absolute atomic E-state index is 13.0. The molecule has 2 fully saturated rings. The van der Waals surface area contributed by atoms with Crippen LogP contribution in [0.2, 0.25) is 5.02 Å². The van der Waals surface area contributed by atoms with Gasteiger partial charge in [-0.25, -0.2) is 0 Å². The number of benzene rings is 1. The van der Waals surface area contributed by atoms with E-state index in [4.69, 9.17) is 11.6 Å². The third kappa shape index (κ3) is 3.79. The molecule has 1 aromatic heterocycles. The van der Waals surface area contributed by atoms with Crippen molar-refractivity contribution in [2.45, 2.75) is 6.04 Å². The van der Waals surface area contributed by atoms with Crippen molar-refractivity contribution in [2.75, 3.05) is 51.6 Å². The van der Waals surface area contributed by atoms with Gasteiger partial charge in [0.25, 0.3) is 11.8 Å². The van der Waals surface area contributed by atoms with Crippen molar-refractivity contribution in [3.63, 3.8) is 0 Å². The third-order valence-electron chi connectivity index (χ3n) is 5.82. The van der Waals surface area contributed by atoms with Gasteiger partial charge in [0, 0.05) is 72.2 Å². The van der Waals surface area contributed by atoms with Crippen molar-refractivity contribution in [1.82, 2.24) is 14.7 Å². The summed E-state index contributed by atoms with van der Waals surface area (Å²) in [5, 5.41) is 2.14. The van der Waals surface area contributed by atoms with Crippen LogP contribution < -0.4 is 0 Å². The second kappa shape index (κ2) is 8.43. The molecule has 30 heavy (non-hydrogen) atoms. The lowest BCUT2D eigenvalue weighted by molar-refractivity contribution is -0.126. The summed E-state index contributed by atoms with van der Waals surface area (Å²) in [6.45, 7) is 5.30. The highest BCUT2D eigenvalue weighted by Crippen LogP contribution is 2.38. The maximum Gasteiger partial charge on any atom is 0.278 e. The fraction of sp³-hybridized carbons (Fsp3) is 0.450. The lowest BCUT2D eigenvalue weighted by Crippen LogP contribution is -2.64. The molecular weight excluding hydrogens is 508 g/mol. The molecule has 2 saturated heterocycles. The molecule has 10 heteroatoms. The van der Waals surface area contributed by atoms with Crippen LogP contribution in [0.5, 0.6) is 0 Å². The largest absolute Gasteiger partial charge is 0.335 e. The molecule has 3 aliphatic heterocycles. The molecule has 2 amide bonds. The van der Waals surface area contributed by atoms with Gasteiger partial charge in [-0.2, -0.15) is 0 Å². The molecule has 4 heterocycles. The average Bonchev–Trinajstić information content (AvgIpc) is 3.35. The Kier molecular flexibility index (Phi) is 5.83. The van der Waals surface area contributed by atoms with Crippen molar-refractivity contribution < 1.29 is 9.59 Å². The molecular formula is C20H20BrClN4O2S2. The number of likely N-dealkylation sites (tertiary alicyclic amines) is 1. The van der Waals surface area contributed by atoms with E-state index in [9.17, 15) is 9.59 Å². The number of rotatable bonds is 3. The van der Waals surface area contributed by atoms with Crippen LogP contribution in [-0.2, 0) is 4.79 Å². The van der Waals surface area contributed by atoms with E-state index in [-0.39, 0.29) is 11.8 Å². The first-order valence-electron chi connectivity index (χ1n) is 9.88. The zero-order chi connectivity index (χ0) is 20.8. The van der Waals surface area contributed by atoms with Gasteiger partial charge in [0.15, 0.2) is 5.04 Å². The summed E-state index contributed by atoms with van der Waals surface area (Å²) in [5.74, 6) is 1.00. The van der Waals surface area contributed by atoms with Crippen molar-refractivity contribution in [1.29, 1.82) is 0 Å². The van der Waals surface area contributed by atoms with E-state index >= 15 is 0 Å². The van der Waals surface area contributed by atoms with Gasteiger partial charge in [0.05, 0.1) is 5.02 Å². The molecule has 5 rings (SSSR count). The summed E-state index contributed by atoms with van der Waals surface area (Å²) in [6.07, 6.45) is 0. The Morgan fingerprint density at radius 1 is 1.10 bits per heavy atom. The van der Waals surface area contributed by atoms with Crippen molar-refractivity contribution in [3.8, 4) is 0 Å². The molecule has 0 unspecified atom stereocenters. The molecule has 158 valence electrons. The number of carbonyl (C=O) groups excluding carboxylic acids is 2. The van der Waals surface area contributed by atoms with Gasteiger partial charge < -0.3 is 9.80 Å². The monoisotopic (exact) mass is 526 g/mol. The second-order valence-electron chi connectivity index (χ2n) is 7.61. The Labute approximate surface area is 196 Å². The Hall–Kier alpha value is -1.13. The number of thiophene rings is 1. The van der Waals surface area contributed by atoms with Gasteiger partial charge in [-0.05, 0) is 12.1 Å². The van der Waals surface area contributed by atoms with E-state index in [0.29, 0.717) is 34.1 Å². The van der Waals surface area contributed by atoms with Crippen molar-refractivity contribution >= 4 is 77.6 Å². The van der Waals surface area contributed by atoms with E-state index in [1.165, 1.54) is 11.3 Å². The van der Waals surface area contributed by atoms with Crippen LogP contribution in [0.4, 0.5) is 0 Å². The third-order valence-corrected chi connectivity index (χ3v) is 8.92. The van der Waals surface area contributed by atoms with Gasteiger partial charge >= 0.3 is 0 Å². The van der Waals surface area contributed by atoms with Gasteiger partial charge in [-0.3, -0.25) is 19.5 Å². The first-order chi connectivity index (χ1) is 14.5. The summed E-state index contributed by atoms with van der Waals surface area (Å²) < 4.78 is 1.99. The zero-order valence-electron chi connectivity index (χ0n) is 16.1. The molecule has 1 aromatic carbocycles. The van der Waals surface area contributed by atoms with Crippen molar-refractivity contribution in [2.24, 2.45) is 4.99 Å². The molecule has 0 N–H and O–H groups in total. The first kappa shape index (κ1) is 20.8. The standard InChI is InChI=1S/C20H20BrClN4O2S2/c21-12-1-2-14-15(9-12)30-17(16(14)22)19(27)26-10-13(11-26)24-4-6-25(7-5-24)20(28)18-23-3-8-29-18/h1-2,9,13H,3-8,10-11H2. The minimum atomic E-state index is 0.0126. The molecule has 2 aromatic rings. The number of piperazine rings is 1. The number of carbonyl (C=O) groups is 2. The number of fused-ring (bicyclic) bond motifs is 1. The first-order valence-corrected chi connectivity index (χ1v) is 12.9. The topological polar surface area (TPSA) is 56.2 Å². The van der Waals surface area contributed by atoms with E-state index in [0.717, 1.165) is 53.0 Å². The molecule has 0 bridgehead atoms. The normalized spacial score (nSPS) is 20.5. The summed E-state index contributed by atoms with van der Waals surface area (Å²) in [6, 6.07) is 6.24. The van der Waals surface area contributed by atoms with Crippen LogP contribution in [-0.4, -0.2) is 89.2 Å². The maximum atomic E-state index is 13.0. The second-order valence-corrected chi connectivity index (χ2v) is 11.0. The number of halogens is 2. The van der Waals surface area contributed by atoms with Crippen LogP contribution in [0, 0.1) is 0 Å². The predicted octanol–water partition coefficient (Wildman–Crippen LogP) is 3.43. The SMILES string of the molecule is O=C(C1=NCCS1)N1CCN(C2CN(C(=O)c3sc4cc(Br)ccc4c3Cl)C2)CC1. The number of hydrogen-bond donors (Lipinski definition) is 0. The molecule has 0 aliphatic carbocycles.